The second-order valence-electron chi connectivity index (χ2n) is 4.61. The number of aliphatic hydroxyl groups excluding tert-OH is 1. The lowest BCUT2D eigenvalue weighted by Crippen LogP contribution is -2.39. The Bertz CT molecular complexity index is 466. The van der Waals surface area contributed by atoms with E-state index in [-0.39, 0.29) is 25.3 Å². The number of ether oxygens (including phenoxy) is 1. The number of para-hydroxylation sites is 1. The Hall–Kier alpha value is -1.69. The minimum Gasteiger partial charge on any atom is -0.493 e. The molecular formula is C15H21F2NO3. The highest BCUT2D eigenvalue weighted by atomic mass is 19.3. The number of hydrogen-bond donors (Lipinski definition) is 2. The highest BCUT2D eigenvalue weighted by Crippen LogP contribution is 2.35. The van der Waals surface area contributed by atoms with Gasteiger partial charge in [-0.1, -0.05) is 19.1 Å². The van der Waals surface area contributed by atoms with E-state index in [2.05, 4.69) is 5.32 Å². The molecule has 118 valence electrons. The molecule has 0 saturated carbocycles. The van der Waals surface area contributed by atoms with Crippen molar-refractivity contribution in [1.82, 2.24) is 5.32 Å². The summed E-state index contributed by atoms with van der Waals surface area (Å²) >= 11 is 0. The van der Waals surface area contributed by atoms with Crippen molar-refractivity contribution < 1.29 is 23.4 Å². The first-order valence-electron chi connectivity index (χ1n) is 6.99. The van der Waals surface area contributed by atoms with Gasteiger partial charge in [0.05, 0.1) is 18.3 Å². The molecule has 1 aromatic rings. The van der Waals surface area contributed by atoms with E-state index in [1.54, 1.807) is 19.9 Å². The minimum atomic E-state index is -3.68. The van der Waals surface area contributed by atoms with E-state index in [1.807, 2.05) is 0 Å². The molecule has 1 atom stereocenters. The Morgan fingerprint density at radius 2 is 2.05 bits per heavy atom. The van der Waals surface area contributed by atoms with Crippen molar-refractivity contribution >= 4 is 5.91 Å². The van der Waals surface area contributed by atoms with Gasteiger partial charge in [0.2, 0.25) is 0 Å². The molecule has 0 radical (unpaired) electrons. The molecular weight excluding hydrogens is 280 g/mol. The summed E-state index contributed by atoms with van der Waals surface area (Å²) in [6, 6.07) is 5.58. The number of alkyl halides is 2. The first kappa shape index (κ1) is 17.4. The zero-order valence-corrected chi connectivity index (χ0v) is 12.2. The summed E-state index contributed by atoms with van der Waals surface area (Å²) < 4.78 is 33.5. The van der Waals surface area contributed by atoms with E-state index >= 15 is 0 Å². The largest absolute Gasteiger partial charge is 0.493 e. The van der Waals surface area contributed by atoms with Gasteiger partial charge in [-0.25, -0.2) is 0 Å². The molecule has 0 spiro atoms. The summed E-state index contributed by atoms with van der Waals surface area (Å²) in [6.45, 7) is 3.69. The van der Waals surface area contributed by atoms with E-state index in [1.165, 1.54) is 18.2 Å². The normalized spacial score (nSPS) is 12.8. The van der Waals surface area contributed by atoms with Crippen LogP contribution in [0.5, 0.6) is 5.75 Å². The molecule has 0 heterocycles. The van der Waals surface area contributed by atoms with Crippen LogP contribution in [0.1, 0.15) is 32.3 Å². The predicted octanol–water partition coefficient (Wildman–Crippen LogP) is 2.45. The number of amides is 1. The quantitative estimate of drug-likeness (QED) is 0.775. The lowest BCUT2D eigenvalue weighted by Gasteiger charge is -2.19. The van der Waals surface area contributed by atoms with Gasteiger partial charge in [0.1, 0.15) is 5.75 Å². The van der Waals surface area contributed by atoms with Gasteiger partial charge in [-0.05, 0) is 31.9 Å². The molecule has 4 nitrogen and oxygen atoms in total. The Morgan fingerprint density at radius 3 is 2.67 bits per heavy atom. The molecule has 0 aliphatic rings. The van der Waals surface area contributed by atoms with Crippen molar-refractivity contribution in [2.45, 2.75) is 38.7 Å². The fourth-order valence-corrected chi connectivity index (χ4v) is 1.80. The summed E-state index contributed by atoms with van der Waals surface area (Å²) in [4.78, 5) is 11.7. The highest BCUT2D eigenvalue weighted by molar-refractivity contribution is 5.85. The average molecular weight is 301 g/mol. The zero-order valence-electron chi connectivity index (χ0n) is 12.2. The Morgan fingerprint density at radius 1 is 1.38 bits per heavy atom. The van der Waals surface area contributed by atoms with Crippen molar-refractivity contribution in [2.24, 2.45) is 0 Å². The minimum absolute atomic E-state index is 0.000230. The third kappa shape index (κ3) is 4.67. The van der Waals surface area contributed by atoms with Crippen LogP contribution in [-0.2, 0) is 10.7 Å². The number of carbonyl (C=O) groups is 1. The summed E-state index contributed by atoms with van der Waals surface area (Å²) in [5.74, 6) is -5.07. The molecule has 0 saturated heterocycles. The van der Waals surface area contributed by atoms with E-state index in [0.717, 1.165) is 0 Å². The first-order chi connectivity index (χ1) is 9.93. The van der Waals surface area contributed by atoms with Gasteiger partial charge in [-0.15, -0.1) is 0 Å². The SMILES string of the molecule is CCOc1ccccc1C(F)(F)C(=O)NCCC(O)CC. The fourth-order valence-electron chi connectivity index (χ4n) is 1.80. The molecule has 21 heavy (non-hydrogen) atoms. The molecule has 0 aliphatic carbocycles. The predicted molar refractivity (Wildman–Crippen MR) is 75.4 cm³/mol. The van der Waals surface area contributed by atoms with Crippen LogP contribution in [0.25, 0.3) is 0 Å². The van der Waals surface area contributed by atoms with Crippen molar-refractivity contribution in [3.8, 4) is 5.75 Å². The Balaban J connectivity index is 2.77. The van der Waals surface area contributed by atoms with E-state index in [4.69, 9.17) is 4.74 Å². The average Bonchev–Trinajstić information content (AvgIpc) is 2.47. The number of nitrogens with one attached hydrogen (secondary N) is 1. The third-order valence-electron chi connectivity index (χ3n) is 3.04. The number of rotatable bonds is 8. The third-order valence-corrected chi connectivity index (χ3v) is 3.04. The van der Waals surface area contributed by atoms with Gasteiger partial charge in [0, 0.05) is 6.54 Å². The monoisotopic (exact) mass is 301 g/mol. The van der Waals surface area contributed by atoms with Gasteiger partial charge in [0.15, 0.2) is 0 Å². The topological polar surface area (TPSA) is 58.6 Å². The van der Waals surface area contributed by atoms with Crippen LogP contribution in [-0.4, -0.2) is 30.3 Å². The highest BCUT2D eigenvalue weighted by Gasteiger charge is 2.43. The number of halogens is 2. The van der Waals surface area contributed by atoms with Crippen molar-refractivity contribution in [3.05, 3.63) is 29.8 Å². The second-order valence-corrected chi connectivity index (χ2v) is 4.61. The zero-order chi connectivity index (χ0) is 15.9. The van der Waals surface area contributed by atoms with Gasteiger partial charge in [-0.3, -0.25) is 4.79 Å². The Kier molecular flexibility index (Phi) is 6.55. The molecule has 0 fully saturated rings. The molecule has 0 aliphatic heterocycles. The lowest BCUT2D eigenvalue weighted by molar-refractivity contribution is -0.147. The van der Waals surface area contributed by atoms with Crippen molar-refractivity contribution in [3.63, 3.8) is 0 Å². The van der Waals surface area contributed by atoms with Crippen LogP contribution in [0, 0.1) is 0 Å². The van der Waals surface area contributed by atoms with Crippen molar-refractivity contribution in [2.75, 3.05) is 13.2 Å². The fraction of sp³-hybridized carbons (Fsp3) is 0.533. The maximum Gasteiger partial charge on any atom is 0.353 e. The number of carbonyl (C=O) groups excluding carboxylic acids is 1. The summed E-state index contributed by atoms with van der Waals surface area (Å²) in [6.07, 6.45) is 0.153. The lowest BCUT2D eigenvalue weighted by atomic mass is 10.1. The van der Waals surface area contributed by atoms with Crippen molar-refractivity contribution in [1.29, 1.82) is 0 Å². The number of benzene rings is 1. The summed E-state index contributed by atoms with van der Waals surface area (Å²) in [7, 11) is 0. The van der Waals surface area contributed by atoms with Gasteiger partial charge in [-0.2, -0.15) is 8.78 Å². The summed E-state index contributed by atoms with van der Waals surface area (Å²) in [5.41, 5.74) is -0.458. The molecule has 1 unspecified atom stereocenters. The van der Waals surface area contributed by atoms with Crippen LogP contribution in [0.4, 0.5) is 8.78 Å². The van der Waals surface area contributed by atoms with Crippen LogP contribution < -0.4 is 10.1 Å². The molecule has 0 aromatic heterocycles. The maximum absolute atomic E-state index is 14.2. The maximum atomic E-state index is 14.2. The molecule has 1 rings (SSSR count). The van der Waals surface area contributed by atoms with E-state index in [0.29, 0.717) is 6.42 Å². The van der Waals surface area contributed by atoms with E-state index in [9.17, 15) is 18.7 Å². The first-order valence-corrected chi connectivity index (χ1v) is 6.99. The molecule has 1 amide bonds. The van der Waals surface area contributed by atoms with Crippen LogP contribution >= 0.6 is 0 Å². The number of hydrogen-bond acceptors (Lipinski definition) is 3. The molecule has 2 N–H and O–H groups in total. The Labute approximate surface area is 123 Å². The van der Waals surface area contributed by atoms with Crippen LogP contribution in [0.15, 0.2) is 24.3 Å². The van der Waals surface area contributed by atoms with Crippen LogP contribution in [0.2, 0.25) is 0 Å². The van der Waals surface area contributed by atoms with Gasteiger partial charge >= 0.3 is 5.92 Å². The second kappa shape index (κ2) is 7.93. The molecule has 1 aromatic carbocycles. The van der Waals surface area contributed by atoms with Gasteiger partial charge in [0.25, 0.3) is 5.91 Å². The number of aliphatic hydroxyl groups is 1. The van der Waals surface area contributed by atoms with Crippen LogP contribution in [0.3, 0.4) is 0 Å². The van der Waals surface area contributed by atoms with Gasteiger partial charge < -0.3 is 15.2 Å². The summed E-state index contributed by atoms with van der Waals surface area (Å²) in [5, 5.41) is 11.5. The molecule has 6 heteroatoms. The van der Waals surface area contributed by atoms with E-state index < -0.39 is 23.5 Å². The standard InChI is InChI=1S/C15H21F2NO3/c1-3-11(19)9-10-18-14(20)15(16,17)12-7-5-6-8-13(12)21-4-2/h5-8,11,19H,3-4,9-10H2,1-2H3,(H,18,20). The molecule has 0 bridgehead atoms. The smallest absolute Gasteiger partial charge is 0.353 e.